The molecule has 3 aromatic rings. The number of piperidine rings is 1. The lowest BCUT2D eigenvalue weighted by molar-refractivity contribution is 0.0582. The minimum atomic E-state index is -0.280. The molecule has 1 amide bonds. The summed E-state index contributed by atoms with van der Waals surface area (Å²) in [5.41, 5.74) is 3.14. The summed E-state index contributed by atoms with van der Waals surface area (Å²) < 4.78 is 19.1. The van der Waals surface area contributed by atoms with Crippen molar-refractivity contribution < 1.29 is 13.9 Å². The van der Waals surface area contributed by atoms with Crippen LogP contribution in [0.15, 0.2) is 42.6 Å². The third kappa shape index (κ3) is 4.45. The Morgan fingerprint density at radius 1 is 1.10 bits per heavy atom. The van der Waals surface area contributed by atoms with Crippen molar-refractivity contribution in [3.8, 4) is 17.0 Å². The quantitative estimate of drug-likeness (QED) is 0.728. The third-order valence-electron chi connectivity index (χ3n) is 5.05. The number of nitrogens with zero attached hydrogens (tertiary/aromatic N) is 3. The number of ether oxygens (including phenoxy) is 1. The molecule has 0 atom stereocenters. The summed E-state index contributed by atoms with van der Waals surface area (Å²) in [6, 6.07) is 9.87. The average Bonchev–Trinajstić information content (AvgIpc) is 3.18. The second-order valence-corrected chi connectivity index (χ2v) is 7.31. The number of carbonyl (C=O) groups excluding carboxylic acids is 1. The molecular formula is C22H23FN4O2. The predicted octanol–water partition coefficient (Wildman–Crippen LogP) is 3.91. The van der Waals surface area contributed by atoms with Crippen LogP contribution >= 0.6 is 0 Å². The summed E-state index contributed by atoms with van der Waals surface area (Å²) >= 11 is 0. The van der Waals surface area contributed by atoms with E-state index in [0.29, 0.717) is 30.5 Å². The highest BCUT2D eigenvalue weighted by molar-refractivity contribution is 5.94. The molecule has 4 rings (SSSR count). The van der Waals surface area contributed by atoms with Crippen molar-refractivity contribution in [3.05, 3.63) is 65.6 Å². The molecule has 1 fully saturated rings. The van der Waals surface area contributed by atoms with Gasteiger partial charge >= 0.3 is 0 Å². The zero-order valence-corrected chi connectivity index (χ0v) is 16.5. The van der Waals surface area contributed by atoms with Gasteiger partial charge in [0.05, 0.1) is 0 Å². The monoisotopic (exact) mass is 394 g/mol. The Morgan fingerprint density at radius 2 is 1.83 bits per heavy atom. The van der Waals surface area contributed by atoms with Crippen molar-refractivity contribution in [2.24, 2.45) is 0 Å². The van der Waals surface area contributed by atoms with E-state index in [1.165, 1.54) is 12.1 Å². The summed E-state index contributed by atoms with van der Waals surface area (Å²) in [6.45, 7) is 5.01. The van der Waals surface area contributed by atoms with Crippen LogP contribution in [0.1, 0.15) is 34.8 Å². The van der Waals surface area contributed by atoms with Crippen molar-refractivity contribution >= 4 is 5.91 Å². The van der Waals surface area contributed by atoms with E-state index >= 15 is 0 Å². The molecule has 2 aromatic heterocycles. The number of rotatable bonds is 4. The van der Waals surface area contributed by atoms with E-state index in [2.05, 4.69) is 15.0 Å². The van der Waals surface area contributed by atoms with Crippen molar-refractivity contribution in [1.82, 2.24) is 19.9 Å². The minimum absolute atomic E-state index is 0.0335. The lowest BCUT2D eigenvalue weighted by Crippen LogP contribution is -2.42. The Morgan fingerprint density at radius 3 is 2.52 bits per heavy atom. The van der Waals surface area contributed by atoms with Crippen LogP contribution in [0.5, 0.6) is 5.88 Å². The van der Waals surface area contributed by atoms with Crippen LogP contribution < -0.4 is 4.74 Å². The highest BCUT2D eigenvalue weighted by Gasteiger charge is 2.26. The third-order valence-corrected chi connectivity index (χ3v) is 5.05. The molecule has 0 unspecified atom stereocenters. The Bertz CT molecular complexity index is 988. The van der Waals surface area contributed by atoms with E-state index in [9.17, 15) is 9.18 Å². The second-order valence-electron chi connectivity index (χ2n) is 7.31. The van der Waals surface area contributed by atoms with E-state index in [4.69, 9.17) is 4.74 Å². The van der Waals surface area contributed by atoms with Gasteiger partial charge < -0.3 is 14.6 Å². The van der Waals surface area contributed by atoms with Crippen LogP contribution in [0.4, 0.5) is 4.39 Å². The van der Waals surface area contributed by atoms with Gasteiger partial charge in [-0.05, 0) is 43.2 Å². The number of H-pyrrole nitrogens is 1. The second kappa shape index (κ2) is 8.03. The molecule has 0 saturated carbocycles. The fourth-order valence-electron chi connectivity index (χ4n) is 3.59. The molecule has 150 valence electrons. The Labute approximate surface area is 168 Å². The van der Waals surface area contributed by atoms with Crippen LogP contribution in [-0.4, -0.2) is 45.0 Å². The van der Waals surface area contributed by atoms with E-state index in [0.717, 1.165) is 29.7 Å². The average molecular weight is 394 g/mol. The summed E-state index contributed by atoms with van der Waals surface area (Å²) in [4.78, 5) is 26.3. The molecule has 3 heterocycles. The van der Waals surface area contributed by atoms with Gasteiger partial charge in [0, 0.05) is 43.9 Å². The number of aromatic nitrogens is 3. The van der Waals surface area contributed by atoms with E-state index in [-0.39, 0.29) is 17.8 Å². The molecule has 0 aliphatic carbocycles. The van der Waals surface area contributed by atoms with Crippen LogP contribution in [-0.2, 0) is 0 Å². The molecule has 1 aliphatic rings. The number of aryl methyl sites for hydroxylation is 2. The number of carbonyl (C=O) groups is 1. The lowest BCUT2D eigenvalue weighted by Gasteiger charge is -2.31. The van der Waals surface area contributed by atoms with E-state index in [1.54, 1.807) is 18.3 Å². The maximum atomic E-state index is 13.1. The number of nitrogens with one attached hydrogen (secondary N) is 1. The first-order chi connectivity index (χ1) is 14.0. The van der Waals surface area contributed by atoms with Crippen LogP contribution in [0, 0.1) is 19.7 Å². The predicted molar refractivity (Wildman–Crippen MR) is 107 cm³/mol. The number of hydrogen-bond donors (Lipinski definition) is 1. The van der Waals surface area contributed by atoms with Gasteiger partial charge in [-0.2, -0.15) is 4.98 Å². The lowest BCUT2D eigenvalue weighted by atomic mass is 10.1. The molecule has 7 heteroatoms. The van der Waals surface area contributed by atoms with Gasteiger partial charge in [0.25, 0.3) is 5.91 Å². The fraction of sp³-hybridized carbons (Fsp3) is 0.318. The van der Waals surface area contributed by atoms with Gasteiger partial charge in [-0.25, -0.2) is 9.37 Å². The molecule has 1 aliphatic heterocycles. The largest absolute Gasteiger partial charge is 0.474 e. The van der Waals surface area contributed by atoms with Gasteiger partial charge in [-0.1, -0.05) is 12.1 Å². The Kier molecular flexibility index (Phi) is 5.29. The summed E-state index contributed by atoms with van der Waals surface area (Å²) in [6.07, 6.45) is 3.31. The highest BCUT2D eigenvalue weighted by Crippen LogP contribution is 2.23. The van der Waals surface area contributed by atoms with Gasteiger partial charge in [-0.15, -0.1) is 0 Å². The van der Waals surface area contributed by atoms with Gasteiger partial charge in [0.2, 0.25) is 5.88 Å². The molecule has 1 saturated heterocycles. The summed E-state index contributed by atoms with van der Waals surface area (Å²) in [5, 5.41) is 0. The molecule has 0 radical (unpaired) electrons. The number of likely N-dealkylation sites (tertiary alicyclic amines) is 1. The van der Waals surface area contributed by atoms with Crippen LogP contribution in [0.2, 0.25) is 0 Å². The molecule has 1 N–H and O–H groups in total. The standard InChI is InChI=1S/C22H23FN4O2/c1-14-11-21(26-15(2)25-14)29-19-7-9-27(10-8-19)22(28)20-12-17(13-24-20)16-3-5-18(23)6-4-16/h3-6,11-13,19,24H,7-10H2,1-2H3. The Hall–Kier alpha value is -3.22. The van der Waals surface area contributed by atoms with Gasteiger partial charge in [0.15, 0.2) is 0 Å². The smallest absolute Gasteiger partial charge is 0.270 e. The van der Waals surface area contributed by atoms with Crippen molar-refractivity contribution in [3.63, 3.8) is 0 Å². The van der Waals surface area contributed by atoms with Crippen LogP contribution in [0.3, 0.4) is 0 Å². The molecule has 1 aromatic carbocycles. The first-order valence-electron chi connectivity index (χ1n) is 9.70. The Balaban J connectivity index is 1.36. The molecule has 0 bridgehead atoms. The van der Waals surface area contributed by atoms with Crippen molar-refractivity contribution in [2.45, 2.75) is 32.8 Å². The first kappa shape index (κ1) is 19.1. The molecular weight excluding hydrogens is 371 g/mol. The molecule has 0 spiro atoms. The van der Waals surface area contributed by atoms with Gasteiger partial charge in [-0.3, -0.25) is 4.79 Å². The molecule has 6 nitrogen and oxygen atoms in total. The fourth-order valence-corrected chi connectivity index (χ4v) is 3.59. The summed E-state index contributed by atoms with van der Waals surface area (Å²) in [5.74, 6) is 0.966. The number of benzene rings is 1. The number of halogens is 1. The summed E-state index contributed by atoms with van der Waals surface area (Å²) in [7, 11) is 0. The SMILES string of the molecule is Cc1cc(OC2CCN(C(=O)c3cc(-c4ccc(F)cc4)c[nH]3)CC2)nc(C)n1. The zero-order chi connectivity index (χ0) is 20.4. The number of amides is 1. The minimum Gasteiger partial charge on any atom is -0.474 e. The number of aromatic amines is 1. The van der Waals surface area contributed by atoms with Crippen molar-refractivity contribution in [2.75, 3.05) is 13.1 Å². The molecule has 29 heavy (non-hydrogen) atoms. The van der Waals surface area contributed by atoms with Crippen LogP contribution in [0.25, 0.3) is 11.1 Å². The van der Waals surface area contributed by atoms with Gasteiger partial charge in [0.1, 0.15) is 23.4 Å². The highest BCUT2D eigenvalue weighted by atomic mass is 19.1. The maximum absolute atomic E-state index is 13.1. The first-order valence-corrected chi connectivity index (χ1v) is 9.70. The van der Waals surface area contributed by atoms with Crippen molar-refractivity contribution in [1.29, 1.82) is 0 Å². The number of hydrogen-bond acceptors (Lipinski definition) is 4. The maximum Gasteiger partial charge on any atom is 0.270 e. The van der Waals surface area contributed by atoms with E-state index in [1.807, 2.05) is 30.9 Å². The van der Waals surface area contributed by atoms with E-state index < -0.39 is 0 Å². The normalized spacial score (nSPS) is 14.8. The topological polar surface area (TPSA) is 71.1 Å². The zero-order valence-electron chi connectivity index (χ0n) is 16.5.